The standard InChI is InChI=1S/C11H14N4O2S/c16-11-14(8-9-4-1-2-6-17-9)12-13-15(11)10-5-3-7-18-10/h3,5,7,9H,1-2,4,6,8H2. The topological polar surface area (TPSA) is 61.9 Å². The normalized spacial score (nSPS) is 20.1. The molecular weight excluding hydrogens is 252 g/mol. The lowest BCUT2D eigenvalue weighted by molar-refractivity contribution is 0.00310. The number of thiophene rings is 1. The molecule has 3 heterocycles. The van der Waals surface area contributed by atoms with Crippen LogP contribution in [-0.4, -0.2) is 32.5 Å². The van der Waals surface area contributed by atoms with E-state index in [4.69, 9.17) is 4.74 Å². The zero-order chi connectivity index (χ0) is 12.4. The molecule has 1 unspecified atom stereocenters. The van der Waals surface area contributed by atoms with Crippen LogP contribution in [-0.2, 0) is 11.3 Å². The van der Waals surface area contributed by atoms with Gasteiger partial charge in [-0.15, -0.1) is 11.3 Å². The third-order valence-electron chi connectivity index (χ3n) is 3.00. The molecule has 18 heavy (non-hydrogen) atoms. The largest absolute Gasteiger partial charge is 0.376 e. The Balaban J connectivity index is 1.79. The zero-order valence-corrected chi connectivity index (χ0v) is 10.7. The third kappa shape index (κ3) is 2.23. The van der Waals surface area contributed by atoms with Crippen molar-refractivity contribution >= 4 is 11.3 Å². The van der Waals surface area contributed by atoms with Crippen LogP contribution in [0.4, 0.5) is 0 Å². The molecule has 0 N–H and O–H groups in total. The second kappa shape index (κ2) is 5.03. The van der Waals surface area contributed by atoms with Crippen LogP contribution in [0.15, 0.2) is 22.3 Å². The fraction of sp³-hybridized carbons (Fsp3) is 0.545. The molecule has 6 nitrogen and oxygen atoms in total. The number of rotatable bonds is 3. The fourth-order valence-electron chi connectivity index (χ4n) is 2.06. The summed E-state index contributed by atoms with van der Waals surface area (Å²) < 4.78 is 8.31. The maximum atomic E-state index is 12.1. The van der Waals surface area contributed by atoms with E-state index in [1.54, 1.807) is 0 Å². The Kier molecular flexibility index (Phi) is 3.24. The second-order valence-corrected chi connectivity index (χ2v) is 5.22. The van der Waals surface area contributed by atoms with Crippen LogP contribution in [0.1, 0.15) is 19.3 Å². The number of ether oxygens (including phenoxy) is 1. The highest BCUT2D eigenvalue weighted by atomic mass is 32.1. The van der Waals surface area contributed by atoms with E-state index in [0.717, 1.165) is 30.9 Å². The van der Waals surface area contributed by atoms with Crippen LogP contribution in [0.3, 0.4) is 0 Å². The first-order valence-electron chi connectivity index (χ1n) is 6.03. The molecule has 0 amide bonds. The molecule has 1 aliphatic rings. The van der Waals surface area contributed by atoms with Crippen LogP contribution in [0.5, 0.6) is 0 Å². The predicted molar refractivity (Wildman–Crippen MR) is 67.1 cm³/mol. The van der Waals surface area contributed by atoms with Gasteiger partial charge in [0.25, 0.3) is 0 Å². The molecule has 96 valence electrons. The highest BCUT2D eigenvalue weighted by Crippen LogP contribution is 2.14. The molecule has 7 heteroatoms. The van der Waals surface area contributed by atoms with Gasteiger partial charge in [-0.2, -0.15) is 9.36 Å². The van der Waals surface area contributed by atoms with Gasteiger partial charge in [0.1, 0.15) is 5.00 Å². The Bertz CT molecular complexity index is 554. The van der Waals surface area contributed by atoms with Gasteiger partial charge in [0.15, 0.2) is 0 Å². The van der Waals surface area contributed by atoms with E-state index in [1.807, 2.05) is 17.5 Å². The Hall–Kier alpha value is -1.47. The van der Waals surface area contributed by atoms with E-state index in [9.17, 15) is 4.79 Å². The Labute approximate surface area is 108 Å². The summed E-state index contributed by atoms with van der Waals surface area (Å²) >= 11 is 1.47. The maximum Gasteiger partial charge on any atom is 0.369 e. The van der Waals surface area contributed by atoms with Gasteiger partial charge in [-0.3, -0.25) is 0 Å². The average Bonchev–Trinajstić information content (AvgIpc) is 3.02. The molecular formula is C11H14N4O2S. The Morgan fingerprint density at radius 1 is 1.44 bits per heavy atom. The summed E-state index contributed by atoms with van der Waals surface area (Å²) in [6.07, 6.45) is 3.33. The Morgan fingerprint density at radius 3 is 3.11 bits per heavy atom. The quantitative estimate of drug-likeness (QED) is 0.833. The van der Waals surface area contributed by atoms with E-state index in [2.05, 4.69) is 10.4 Å². The van der Waals surface area contributed by atoms with Crippen molar-refractivity contribution in [3.05, 3.63) is 28.0 Å². The van der Waals surface area contributed by atoms with Gasteiger partial charge in [0, 0.05) is 6.61 Å². The number of aromatic nitrogens is 4. The lowest BCUT2D eigenvalue weighted by Crippen LogP contribution is -2.31. The van der Waals surface area contributed by atoms with Gasteiger partial charge in [-0.1, -0.05) is 0 Å². The molecule has 0 radical (unpaired) electrons. The first kappa shape index (κ1) is 11.6. The molecule has 0 spiro atoms. The summed E-state index contributed by atoms with van der Waals surface area (Å²) in [5, 5.41) is 10.5. The van der Waals surface area contributed by atoms with Crippen LogP contribution < -0.4 is 5.69 Å². The van der Waals surface area contributed by atoms with Gasteiger partial charge in [-0.25, -0.2) is 4.79 Å². The minimum atomic E-state index is -0.202. The molecule has 2 aromatic rings. The number of hydrogen-bond donors (Lipinski definition) is 0. The number of tetrazole rings is 1. The summed E-state index contributed by atoms with van der Waals surface area (Å²) in [6.45, 7) is 1.27. The molecule has 0 bridgehead atoms. The number of hydrogen-bond acceptors (Lipinski definition) is 5. The van der Waals surface area contributed by atoms with E-state index >= 15 is 0 Å². The summed E-state index contributed by atoms with van der Waals surface area (Å²) in [4.78, 5) is 12.1. The lowest BCUT2D eigenvalue weighted by Gasteiger charge is -2.21. The molecule has 1 fully saturated rings. The van der Waals surface area contributed by atoms with Crippen LogP contribution in [0, 0.1) is 0 Å². The summed E-state index contributed by atoms with van der Waals surface area (Å²) in [5.74, 6) is 0. The smallest absolute Gasteiger partial charge is 0.369 e. The van der Waals surface area contributed by atoms with Crippen molar-refractivity contribution < 1.29 is 4.74 Å². The van der Waals surface area contributed by atoms with Crippen molar-refractivity contribution in [2.24, 2.45) is 0 Å². The van der Waals surface area contributed by atoms with Crippen LogP contribution >= 0.6 is 11.3 Å². The molecule has 3 rings (SSSR count). The highest BCUT2D eigenvalue weighted by molar-refractivity contribution is 7.12. The van der Waals surface area contributed by atoms with Crippen molar-refractivity contribution in [1.29, 1.82) is 0 Å². The molecule has 1 atom stereocenters. The van der Waals surface area contributed by atoms with Gasteiger partial charge in [0.2, 0.25) is 0 Å². The summed E-state index contributed by atoms with van der Waals surface area (Å²) in [6, 6.07) is 3.73. The summed E-state index contributed by atoms with van der Waals surface area (Å²) in [5.41, 5.74) is -0.202. The molecule has 2 aromatic heterocycles. The maximum absolute atomic E-state index is 12.1. The van der Waals surface area contributed by atoms with Gasteiger partial charge >= 0.3 is 5.69 Å². The molecule has 0 aromatic carbocycles. The van der Waals surface area contributed by atoms with Crippen molar-refractivity contribution in [2.75, 3.05) is 6.61 Å². The van der Waals surface area contributed by atoms with E-state index in [1.165, 1.54) is 20.7 Å². The van der Waals surface area contributed by atoms with Crippen LogP contribution in [0.2, 0.25) is 0 Å². The first-order valence-corrected chi connectivity index (χ1v) is 6.91. The van der Waals surface area contributed by atoms with Gasteiger partial charge in [-0.05, 0) is 47.2 Å². The van der Waals surface area contributed by atoms with E-state index in [-0.39, 0.29) is 11.8 Å². The van der Waals surface area contributed by atoms with Gasteiger partial charge < -0.3 is 4.74 Å². The minimum absolute atomic E-state index is 0.0879. The molecule has 0 saturated carbocycles. The van der Waals surface area contributed by atoms with Crippen molar-refractivity contribution in [3.8, 4) is 5.00 Å². The SMILES string of the molecule is O=c1n(CC2CCCCO2)nnn1-c1cccs1. The Morgan fingerprint density at radius 2 is 2.39 bits per heavy atom. The lowest BCUT2D eigenvalue weighted by atomic mass is 10.1. The first-order chi connectivity index (χ1) is 8.84. The molecule has 1 saturated heterocycles. The predicted octanol–water partition coefficient (Wildman–Crippen LogP) is 1.06. The third-order valence-corrected chi connectivity index (χ3v) is 3.85. The van der Waals surface area contributed by atoms with E-state index in [0.29, 0.717) is 6.54 Å². The van der Waals surface area contributed by atoms with E-state index < -0.39 is 0 Å². The van der Waals surface area contributed by atoms with Gasteiger partial charge in [0.05, 0.1) is 12.6 Å². The second-order valence-electron chi connectivity index (χ2n) is 4.30. The van der Waals surface area contributed by atoms with Crippen molar-refractivity contribution in [3.63, 3.8) is 0 Å². The zero-order valence-electron chi connectivity index (χ0n) is 9.86. The number of nitrogens with zero attached hydrogens (tertiary/aromatic N) is 4. The monoisotopic (exact) mass is 266 g/mol. The van der Waals surface area contributed by atoms with Crippen molar-refractivity contribution in [2.45, 2.75) is 31.9 Å². The summed E-state index contributed by atoms with van der Waals surface area (Å²) in [7, 11) is 0. The molecule has 0 aliphatic carbocycles. The minimum Gasteiger partial charge on any atom is -0.376 e. The van der Waals surface area contributed by atoms with Crippen LogP contribution in [0.25, 0.3) is 5.00 Å². The fourth-order valence-corrected chi connectivity index (χ4v) is 2.73. The molecule has 1 aliphatic heterocycles. The highest BCUT2D eigenvalue weighted by Gasteiger charge is 2.18. The van der Waals surface area contributed by atoms with Crippen molar-refractivity contribution in [1.82, 2.24) is 19.8 Å². The average molecular weight is 266 g/mol.